The van der Waals surface area contributed by atoms with Crippen molar-refractivity contribution in [3.05, 3.63) is 75.8 Å². The van der Waals surface area contributed by atoms with Gasteiger partial charge in [-0.05, 0) is 67.6 Å². The highest BCUT2D eigenvalue weighted by Gasteiger charge is 2.44. The molecular weight excluding hydrogens is 546 g/mol. The maximum Gasteiger partial charge on any atom is 0.586 e. The number of nitrogens with zero attached hydrogens (tertiary/aromatic N) is 2. The number of fused-ring (bicyclic) bond motifs is 2. The second-order valence-electron chi connectivity index (χ2n) is 11.6. The van der Waals surface area contributed by atoms with Crippen LogP contribution in [0.3, 0.4) is 0 Å². The molecule has 0 amide bonds. The van der Waals surface area contributed by atoms with Crippen molar-refractivity contribution in [2.75, 3.05) is 30.9 Å². The number of nitrogen functional groups attached to an aromatic ring is 1. The van der Waals surface area contributed by atoms with Gasteiger partial charge in [0.05, 0.1) is 16.8 Å². The van der Waals surface area contributed by atoms with Crippen LogP contribution in [0.5, 0.6) is 17.2 Å². The summed E-state index contributed by atoms with van der Waals surface area (Å²) in [6, 6.07) is 12.7. The van der Waals surface area contributed by atoms with Crippen molar-refractivity contribution in [2.24, 2.45) is 11.3 Å². The van der Waals surface area contributed by atoms with Crippen LogP contribution < -0.4 is 30.8 Å². The van der Waals surface area contributed by atoms with Gasteiger partial charge in [-0.1, -0.05) is 24.3 Å². The van der Waals surface area contributed by atoms with Gasteiger partial charge in [0.2, 0.25) is 0 Å². The zero-order valence-electron chi connectivity index (χ0n) is 24.3. The number of aliphatic carboxylic acids is 1. The van der Waals surface area contributed by atoms with Crippen LogP contribution >= 0.6 is 0 Å². The molecule has 42 heavy (non-hydrogen) atoms. The van der Waals surface area contributed by atoms with E-state index in [9.17, 15) is 18.7 Å². The summed E-state index contributed by atoms with van der Waals surface area (Å²) >= 11 is 0. The van der Waals surface area contributed by atoms with Crippen molar-refractivity contribution in [2.45, 2.75) is 53.0 Å². The van der Waals surface area contributed by atoms with Crippen LogP contribution in [-0.4, -0.2) is 42.5 Å². The number of ether oxygens (including phenoxy) is 3. The molecule has 0 fully saturated rings. The van der Waals surface area contributed by atoms with Gasteiger partial charge in [0.25, 0.3) is 0 Å². The van der Waals surface area contributed by atoms with Crippen molar-refractivity contribution in [1.29, 1.82) is 0 Å². The largest absolute Gasteiger partial charge is 0.586 e. The number of anilines is 2. The van der Waals surface area contributed by atoms with Crippen molar-refractivity contribution in [1.82, 2.24) is 4.90 Å². The first kappa shape index (κ1) is 29.4. The minimum Gasteiger partial charge on any atom is -0.492 e. The van der Waals surface area contributed by atoms with Crippen molar-refractivity contribution in [3.8, 4) is 17.2 Å². The van der Waals surface area contributed by atoms with Gasteiger partial charge in [-0.2, -0.15) is 0 Å². The summed E-state index contributed by atoms with van der Waals surface area (Å²) in [7, 11) is 1.70. The van der Waals surface area contributed by atoms with Crippen LogP contribution in [0, 0.1) is 19.3 Å². The molecule has 11 heteroatoms. The Hall–Kier alpha value is -4.09. The second-order valence-corrected chi connectivity index (χ2v) is 11.6. The van der Waals surface area contributed by atoms with Crippen molar-refractivity contribution in [3.63, 3.8) is 0 Å². The minimum absolute atomic E-state index is 0.0254. The van der Waals surface area contributed by atoms with Gasteiger partial charge in [-0.25, -0.2) is 5.84 Å². The van der Waals surface area contributed by atoms with Gasteiger partial charge in [-0.3, -0.25) is 9.69 Å². The van der Waals surface area contributed by atoms with E-state index in [0.717, 1.165) is 27.8 Å². The maximum atomic E-state index is 13.6. The van der Waals surface area contributed by atoms with Crippen LogP contribution in [0.25, 0.3) is 0 Å². The van der Waals surface area contributed by atoms with Crippen LogP contribution in [0.15, 0.2) is 42.5 Å². The average Bonchev–Trinajstić information content (AvgIpc) is 3.06. The molecule has 1 unspecified atom stereocenters. The number of alkyl halides is 2. The molecule has 2 aliphatic rings. The Kier molecular flexibility index (Phi) is 7.44. The van der Waals surface area contributed by atoms with E-state index in [0.29, 0.717) is 48.9 Å². The molecule has 3 aromatic carbocycles. The van der Waals surface area contributed by atoms with Gasteiger partial charge in [0, 0.05) is 44.2 Å². The van der Waals surface area contributed by atoms with Gasteiger partial charge < -0.3 is 30.1 Å². The fourth-order valence-corrected chi connectivity index (χ4v) is 5.76. The first-order chi connectivity index (χ1) is 19.7. The van der Waals surface area contributed by atoms with E-state index in [-0.39, 0.29) is 11.5 Å². The summed E-state index contributed by atoms with van der Waals surface area (Å²) in [5.41, 5.74) is 11.6. The van der Waals surface area contributed by atoms with Crippen molar-refractivity contribution >= 4 is 17.3 Å². The molecule has 9 nitrogen and oxygen atoms in total. The number of hydrogen-bond donors (Lipinski definition) is 3. The monoisotopic (exact) mass is 582 g/mol. The molecule has 5 N–H and O–H groups in total. The molecule has 0 aromatic heterocycles. The third kappa shape index (κ3) is 5.41. The standard InChI is InChI=1S/C31H36F2N4O5/c1-17-6-7-19(27(30(3,4)29(38)39)22-8-9-23(36(5)35)28(34)18(22)2)12-20(17)15-37-10-11-40-24-14-26-25(13-21(24)16-37)41-31(32,33)42-26/h6-9,12-14,27H,10-11,15-16,34-35H2,1-5H3,(H,38,39). The molecule has 0 saturated carbocycles. The summed E-state index contributed by atoms with van der Waals surface area (Å²) in [4.78, 5) is 14.7. The number of nitrogens with two attached hydrogens (primary N) is 2. The molecule has 3 aromatic rings. The number of hydrazine groups is 1. The lowest BCUT2D eigenvalue weighted by Crippen LogP contribution is -2.33. The zero-order chi connectivity index (χ0) is 30.6. The number of aryl methyl sites for hydroxylation is 1. The van der Waals surface area contributed by atoms with Crippen LogP contribution in [-0.2, 0) is 17.9 Å². The first-order valence-electron chi connectivity index (χ1n) is 13.7. The Morgan fingerprint density at radius 3 is 2.48 bits per heavy atom. The third-order valence-electron chi connectivity index (χ3n) is 8.24. The Morgan fingerprint density at radius 1 is 1.12 bits per heavy atom. The predicted molar refractivity (Wildman–Crippen MR) is 155 cm³/mol. The first-order valence-corrected chi connectivity index (χ1v) is 13.7. The molecule has 5 rings (SSSR count). The van der Waals surface area contributed by atoms with Crippen LogP contribution in [0.2, 0.25) is 0 Å². The lowest BCUT2D eigenvalue weighted by molar-refractivity contribution is -0.286. The lowest BCUT2D eigenvalue weighted by atomic mass is 9.69. The molecule has 2 aliphatic heterocycles. The topological polar surface area (TPSA) is 124 Å². The molecule has 224 valence electrons. The molecule has 0 radical (unpaired) electrons. The highest BCUT2D eigenvalue weighted by atomic mass is 19.3. The lowest BCUT2D eigenvalue weighted by Gasteiger charge is -2.34. The van der Waals surface area contributed by atoms with Gasteiger partial charge >= 0.3 is 12.3 Å². The molecule has 0 spiro atoms. The number of carbonyl (C=O) groups is 1. The number of hydrogen-bond acceptors (Lipinski definition) is 8. The van der Waals surface area contributed by atoms with E-state index in [4.69, 9.17) is 16.3 Å². The number of benzene rings is 3. The number of rotatable bonds is 7. The predicted octanol–water partition coefficient (Wildman–Crippen LogP) is 5.15. The van der Waals surface area contributed by atoms with E-state index >= 15 is 0 Å². The third-order valence-corrected chi connectivity index (χ3v) is 8.24. The zero-order valence-corrected chi connectivity index (χ0v) is 24.3. The molecule has 0 bridgehead atoms. The Balaban J connectivity index is 1.49. The number of carboxylic acid groups (broad SMARTS) is 1. The maximum absolute atomic E-state index is 13.6. The number of halogens is 2. The Morgan fingerprint density at radius 2 is 1.81 bits per heavy atom. The van der Waals surface area contributed by atoms with Gasteiger partial charge in [0.15, 0.2) is 11.5 Å². The highest BCUT2D eigenvalue weighted by Crippen LogP contribution is 2.47. The fourth-order valence-electron chi connectivity index (χ4n) is 5.76. The van der Waals surface area contributed by atoms with E-state index < -0.39 is 23.6 Å². The van der Waals surface area contributed by atoms with Gasteiger partial charge in [0.1, 0.15) is 12.4 Å². The van der Waals surface area contributed by atoms with Crippen molar-refractivity contribution < 1.29 is 32.9 Å². The molecular formula is C31H36F2N4O5. The van der Waals surface area contributed by atoms with Gasteiger partial charge in [-0.15, -0.1) is 8.78 Å². The summed E-state index contributed by atoms with van der Waals surface area (Å²) in [5, 5.41) is 11.7. The number of carboxylic acids is 1. The molecule has 1 atom stereocenters. The second kappa shape index (κ2) is 10.6. The summed E-state index contributed by atoms with van der Waals surface area (Å²) in [6.45, 7) is 9.25. The van der Waals surface area contributed by atoms with Crippen LogP contribution in [0.1, 0.15) is 53.1 Å². The van der Waals surface area contributed by atoms with E-state index in [1.165, 1.54) is 17.1 Å². The highest BCUT2D eigenvalue weighted by molar-refractivity contribution is 5.78. The Labute approximate surface area is 243 Å². The van der Waals surface area contributed by atoms with E-state index in [1.54, 1.807) is 20.9 Å². The van der Waals surface area contributed by atoms with Crippen LogP contribution in [0.4, 0.5) is 20.2 Å². The fraction of sp³-hybridized carbons (Fsp3) is 0.387. The van der Waals surface area contributed by atoms with E-state index in [2.05, 4.69) is 20.4 Å². The Bertz CT molecular complexity index is 1540. The summed E-state index contributed by atoms with van der Waals surface area (Å²) in [6.07, 6.45) is -3.70. The quantitative estimate of drug-likeness (QED) is 0.197. The minimum atomic E-state index is -3.70. The average molecular weight is 583 g/mol. The summed E-state index contributed by atoms with van der Waals surface area (Å²) in [5.74, 6) is 4.92. The van der Waals surface area contributed by atoms with E-state index in [1.807, 2.05) is 38.1 Å². The summed E-state index contributed by atoms with van der Waals surface area (Å²) < 4.78 is 42.4. The smallest absolute Gasteiger partial charge is 0.492 e. The molecule has 0 aliphatic carbocycles. The SMILES string of the molecule is Cc1ccc(C(c2ccc(N(C)N)c(N)c2C)C(C)(C)C(=O)O)cc1CN1CCOc2cc3c(cc2C1)OC(F)(F)O3. The normalized spacial score (nSPS) is 16.8. The molecule has 0 saturated heterocycles. The molecule has 2 heterocycles.